The van der Waals surface area contributed by atoms with Crippen LogP contribution < -0.4 is 10.2 Å². The number of hydrogen-bond acceptors (Lipinski definition) is 6. The van der Waals surface area contributed by atoms with Crippen molar-refractivity contribution < 1.29 is 9.53 Å². The van der Waals surface area contributed by atoms with Crippen molar-refractivity contribution in [3.05, 3.63) is 47.2 Å². The first-order chi connectivity index (χ1) is 14.1. The van der Waals surface area contributed by atoms with E-state index in [9.17, 15) is 4.79 Å². The van der Waals surface area contributed by atoms with Gasteiger partial charge in [0.1, 0.15) is 5.82 Å². The van der Waals surface area contributed by atoms with E-state index in [0.29, 0.717) is 36.5 Å². The van der Waals surface area contributed by atoms with Gasteiger partial charge in [-0.25, -0.2) is 4.98 Å². The van der Waals surface area contributed by atoms with Crippen molar-refractivity contribution in [2.75, 3.05) is 25.2 Å². The number of pyridine rings is 1. The molecule has 2 atom stereocenters. The standard InChI is InChI=1S/C21H20ClN5O2/c1-23-20(28)13-4-2-3-12(9-13)17-8-7-16-18(24-17)25-21(22)26-19(16)27-14-5-6-15(27)11-29-10-14/h2-4,7-9,14-15H,5-6,10-11H2,1H3,(H,23,28). The first kappa shape index (κ1) is 18.3. The average molecular weight is 410 g/mol. The highest BCUT2D eigenvalue weighted by Crippen LogP contribution is 2.37. The van der Waals surface area contributed by atoms with Gasteiger partial charge < -0.3 is 15.0 Å². The topological polar surface area (TPSA) is 80.2 Å². The fourth-order valence-corrected chi connectivity index (χ4v) is 4.42. The minimum absolute atomic E-state index is 0.136. The number of nitrogens with zero attached hydrogens (tertiary/aromatic N) is 4. The summed E-state index contributed by atoms with van der Waals surface area (Å²) in [5, 5.41) is 3.70. The Balaban J connectivity index is 1.59. The second-order valence-corrected chi connectivity index (χ2v) is 7.71. The quantitative estimate of drug-likeness (QED) is 0.669. The lowest BCUT2D eigenvalue weighted by Crippen LogP contribution is -2.46. The number of amides is 1. The number of hydrogen-bond donors (Lipinski definition) is 1. The number of carbonyl (C=O) groups excluding carboxylic acids is 1. The van der Waals surface area contributed by atoms with Crippen LogP contribution in [0.25, 0.3) is 22.3 Å². The van der Waals surface area contributed by atoms with Crippen LogP contribution in [0.15, 0.2) is 36.4 Å². The molecule has 0 spiro atoms. The van der Waals surface area contributed by atoms with E-state index >= 15 is 0 Å². The maximum absolute atomic E-state index is 12.0. The van der Waals surface area contributed by atoms with Gasteiger partial charge in [0.2, 0.25) is 5.28 Å². The number of benzene rings is 1. The summed E-state index contributed by atoms with van der Waals surface area (Å²) < 4.78 is 5.70. The van der Waals surface area contributed by atoms with Crippen molar-refractivity contribution in [3.63, 3.8) is 0 Å². The van der Waals surface area contributed by atoms with E-state index in [-0.39, 0.29) is 11.2 Å². The molecule has 2 aliphatic rings. The number of carbonyl (C=O) groups is 1. The molecule has 0 saturated carbocycles. The molecule has 2 bridgehead atoms. The molecule has 7 nitrogen and oxygen atoms in total. The molecule has 2 aliphatic heterocycles. The molecule has 2 aromatic heterocycles. The van der Waals surface area contributed by atoms with Crippen molar-refractivity contribution >= 4 is 34.4 Å². The molecule has 2 unspecified atom stereocenters. The predicted molar refractivity (Wildman–Crippen MR) is 111 cm³/mol. The number of ether oxygens (including phenoxy) is 1. The van der Waals surface area contributed by atoms with E-state index in [1.807, 2.05) is 30.3 Å². The largest absolute Gasteiger partial charge is 0.377 e. The van der Waals surface area contributed by atoms with Gasteiger partial charge in [-0.3, -0.25) is 4.79 Å². The fourth-order valence-electron chi connectivity index (χ4n) is 4.26. The third kappa shape index (κ3) is 3.20. The summed E-state index contributed by atoms with van der Waals surface area (Å²) in [6, 6.07) is 11.9. The van der Waals surface area contributed by atoms with Gasteiger partial charge >= 0.3 is 0 Å². The van der Waals surface area contributed by atoms with Crippen LogP contribution in [0.1, 0.15) is 23.2 Å². The summed E-state index contributed by atoms with van der Waals surface area (Å²) in [4.78, 5) is 27.9. The Hall–Kier alpha value is -2.77. The van der Waals surface area contributed by atoms with Crippen LogP contribution >= 0.6 is 11.6 Å². The Bertz CT molecular complexity index is 1090. The van der Waals surface area contributed by atoms with E-state index in [4.69, 9.17) is 21.3 Å². The van der Waals surface area contributed by atoms with Crippen molar-refractivity contribution in [2.45, 2.75) is 24.9 Å². The summed E-state index contributed by atoms with van der Waals surface area (Å²) in [6.07, 6.45) is 2.18. The molecule has 148 valence electrons. The smallest absolute Gasteiger partial charge is 0.251 e. The van der Waals surface area contributed by atoms with E-state index in [2.05, 4.69) is 20.2 Å². The Labute approximate surface area is 173 Å². The molecule has 0 aliphatic carbocycles. The lowest BCUT2D eigenvalue weighted by atomic mass is 10.1. The molecule has 3 aromatic rings. The third-order valence-corrected chi connectivity index (χ3v) is 5.81. The number of fused-ring (bicyclic) bond motifs is 3. The zero-order chi connectivity index (χ0) is 20.0. The van der Waals surface area contributed by atoms with Gasteiger partial charge in [-0.15, -0.1) is 0 Å². The first-order valence-electron chi connectivity index (χ1n) is 9.67. The zero-order valence-corrected chi connectivity index (χ0v) is 16.7. The maximum atomic E-state index is 12.0. The van der Waals surface area contributed by atoms with Gasteiger partial charge in [0.05, 0.1) is 36.4 Å². The number of anilines is 1. The molecule has 29 heavy (non-hydrogen) atoms. The van der Waals surface area contributed by atoms with Crippen LogP contribution in [0.2, 0.25) is 5.28 Å². The molecule has 2 fully saturated rings. The third-order valence-electron chi connectivity index (χ3n) is 5.64. The van der Waals surface area contributed by atoms with Crippen molar-refractivity contribution in [2.24, 2.45) is 0 Å². The van der Waals surface area contributed by atoms with E-state index in [0.717, 1.165) is 35.3 Å². The molecule has 1 aromatic carbocycles. The SMILES string of the molecule is CNC(=O)c1cccc(-c2ccc3c(N4C5CCC4COC5)nc(Cl)nc3n2)c1. The monoisotopic (exact) mass is 409 g/mol. The molecule has 0 radical (unpaired) electrons. The van der Waals surface area contributed by atoms with Crippen LogP contribution in [0, 0.1) is 0 Å². The van der Waals surface area contributed by atoms with Crippen molar-refractivity contribution in [3.8, 4) is 11.3 Å². The summed E-state index contributed by atoms with van der Waals surface area (Å²) >= 11 is 6.27. The van der Waals surface area contributed by atoms with Crippen LogP contribution in [-0.4, -0.2) is 53.2 Å². The summed E-state index contributed by atoms with van der Waals surface area (Å²) in [5.74, 6) is 0.692. The lowest BCUT2D eigenvalue weighted by Gasteiger charge is -2.36. The molecule has 2 saturated heterocycles. The molecule has 8 heteroatoms. The van der Waals surface area contributed by atoms with Gasteiger partial charge in [0.25, 0.3) is 5.91 Å². The molecule has 1 N–H and O–H groups in total. The van der Waals surface area contributed by atoms with E-state index in [1.165, 1.54) is 0 Å². The number of morpholine rings is 1. The Morgan fingerprint density at radius 2 is 1.93 bits per heavy atom. The summed E-state index contributed by atoms with van der Waals surface area (Å²) in [6.45, 7) is 1.41. The predicted octanol–water partition coefficient (Wildman–Crippen LogP) is 3.07. The van der Waals surface area contributed by atoms with Crippen molar-refractivity contribution in [1.29, 1.82) is 0 Å². The fraction of sp³-hybridized carbons (Fsp3) is 0.333. The van der Waals surface area contributed by atoms with Gasteiger partial charge in [0.15, 0.2) is 5.65 Å². The van der Waals surface area contributed by atoms with Gasteiger partial charge in [0, 0.05) is 18.2 Å². The first-order valence-corrected chi connectivity index (χ1v) is 10.0. The van der Waals surface area contributed by atoms with Crippen LogP contribution in [0.5, 0.6) is 0 Å². The number of nitrogens with one attached hydrogen (secondary N) is 1. The summed E-state index contributed by atoms with van der Waals surface area (Å²) in [7, 11) is 1.61. The zero-order valence-electron chi connectivity index (χ0n) is 15.9. The van der Waals surface area contributed by atoms with Crippen LogP contribution in [0.3, 0.4) is 0 Å². The van der Waals surface area contributed by atoms with Gasteiger partial charge in [-0.05, 0) is 48.7 Å². The second kappa shape index (κ2) is 7.24. The lowest BCUT2D eigenvalue weighted by molar-refractivity contribution is 0.0903. The molecule has 4 heterocycles. The minimum Gasteiger partial charge on any atom is -0.377 e. The second-order valence-electron chi connectivity index (χ2n) is 7.37. The highest BCUT2D eigenvalue weighted by Gasteiger charge is 2.39. The summed E-state index contributed by atoms with van der Waals surface area (Å²) in [5.41, 5.74) is 2.71. The molecule has 1 amide bonds. The van der Waals surface area contributed by atoms with Crippen LogP contribution in [-0.2, 0) is 4.74 Å². The van der Waals surface area contributed by atoms with Gasteiger partial charge in [-0.1, -0.05) is 12.1 Å². The Kier molecular flexibility index (Phi) is 4.56. The minimum atomic E-state index is -0.136. The van der Waals surface area contributed by atoms with Gasteiger partial charge in [-0.2, -0.15) is 9.97 Å². The normalized spacial score (nSPS) is 20.8. The average Bonchev–Trinajstić information content (AvgIpc) is 2.99. The Morgan fingerprint density at radius 3 is 2.69 bits per heavy atom. The highest BCUT2D eigenvalue weighted by molar-refractivity contribution is 6.28. The number of rotatable bonds is 3. The maximum Gasteiger partial charge on any atom is 0.251 e. The molecular weight excluding hydrogens is 390 g/mol. The molecular formula is C21H20ClN5O2. The number of halogens is 1. The van der Waals surface area contributed by atoms with E-state index in [1.54, 1.807) is 13.1 Å². The highest BCUT2D eigenvalue weighted by atomic mass is 35.5. The Morgan fingerprint density at radius 1 is 1.14 bits per heavy atom. The van der Waals surface area contributed by atoms with Crippen molar-refractivity contribution in [1.82, 2.24) is 20.3 Å². The molecule has 5 rings (SSSR count). The van der Waals surface area contributed by atoms with E-state index < -0.39 is 0 Å². The van der Waals surface area contributed by atoms with Crippen LogP contribution in [0.4, 0.5) is 5.82 Å². The number of aromatic nitrogens is 3.